The molecule has 0 aliphatic carbocycles. The number of carbonyl (C=O) groups is 2. The van der Waals surface area contributed by atoms with Crippen molar-refractivity contribution in [1.29, 1.82) is 0 Å². The van der Waals surface area contributed by atoms with E-state index in [-0.39, 0.29) is 6.09 Å². The minimum absolute atomic E-state index is 0.276. The normalized spacial score (nSPS) is 15.4. The van der Waals surface area contributed by atoms with Crippen molar-refractivity contribution in [2.24, 2.45) is 5.92 Å². The molecule has 0 aromatic heterocycles. The standard InChI is InChI=1S/C19H25ClINO5/c1-19(2,3)27-18(24)22-7-5-12(6-8-22)11-26-16-10-15(21)14(20)9-13(16)17(23)25-4/h9-10,12H,5-8,11H2,1-4H3. The fourth-order valence-corrected chi connectivity index (χ4v) is 3.34. The molecule has 1 saturated heterocycles. The topological polar surface area (TPSA) is 65.1 Å². The van der Waals surface area contributed by atoms with Gasteiger partial charge in [0.25, 0.3) is 0 Å². The van der Waals surface area contributed by atoms with E-state index >= 15 is 0 Å². The van der Waals surface area contributed by atoms with Crippen LogP contribution in [0, 0.1) is 9.49 Å². The van der Waals surface area contributed by atoms with Gasteiger partial charge in [0.1, 0.15) is 16.9 Å². The van der Waals surface area contributed by atoms with Gasteiger partial charge in [0.05, 0.1) is 18.7 Å². The van der Waals surface area contributed by atoms with Crippen LogP contribution in [0.2, 0.25) is 5.02 Å². The number of benzene rings is 1. The highest BCUT2D eigenvalue weighted by Crippen LogP contribution is 2.30. The van der Waals surface area contributed by atoms with Crippen molar-refractivity contribution in [3.63, 3.8) is 0 Å². The second-order valence-corrected chi connectivity index (χ2v) is 9.05. The Morgan fingerprint density at radius 1 is 1.26 bits per heavy atom. The average Bonchev–Trinajstić information content (AvgIpc) is 2.60. The molecule has 8 heteroatoms. The molecule has 6 nitrogen and oxygen atoms in total. The van der Waals surface area contributed by atoms with E-state index in [4.69, 9.17) is 25.8 Å². The van der Waals surface area contributed by atoms with E-state index in [9.17, 15) is 9.59 Å². The van der Waals surface area contributed by atoms with Gasteiger partial charge in [-0.3, -0.25) is 0 Å². The van der Waals surface area contributed by atoms with E-state index in [1.807, 2.05) is 20.8 Å². The largest absolute Gasteiger partial charge is 0.492 e. The first-order valence-electron chi connectivity index (χ1n) is 8.79. The predicted molar refractivity (Wildman–Crippen MR) is 112 cm³/mol. The number of hydrogen-bond donors (Lipinski definition) is 0. The molecule has 27 heavy (non-hydrogen) atoms. The minimum Gasteiger partial charge on any atom is -0.492 e. The minimum atomic E-state index is -0.493. The second kappa shape index (κ2) is 9.32. The van der Waals surface area contributed by atoms with Crippen molar-refractivity contribution in [2.75, 3.05) is 26.8 Å². The Labute approximate surface area is 178 Å². The lowest BCUT2D eigenvalue weighted by Gasteiger charge is -2.33. The molecule has 0 radical (unpaired) electrons. The van der Waals surface area contributed by atoms with Crippen LogP contribution in [0.15, 0.2) is 12.1 Å². The number of carbonyl (C=O) groups excluding carboxylic acids is 2. The number of nitrogens with zero attached hydrogens (tertiary/aromatic N) is 1. The number of rotatable bonds is 4. The SMILES string of the molecule is COC(=O)c1cc(Cl)c(I)cc1OCC1CCN(C(=O)OC(C)(C)C)CC1. The molecule has 0 N–H and O–H groups in total. The summed E-state index contributed by atoms with van der Waals surface area (Å²) in [5.41, 5.74) is -0.179. The Hall–Kier alpha value is -1.22. The summed E-state index contributed by atoms with van der Waals surface area (Å²) in [5, 5.41) is 0.481. The van der Waals surface area contributed by atoms with Crippen LogP contribution in [0.1, 0.15) is 44.0 Å². The molecular weight excluding hydrogens is 485 g/mol. The van der Waals surface area contributed by atoms with Gasteiger partial charge in [-0.05, 0) is 74.3 Å². The van der Waals surface area contributed by atoms with E-state index in [1.165, 1.54) is 7.11 Å². The van der Waals surface area contributed by atoms with Gasteiger partial charge >= 0.3 is 12.1 Å². The maximum absolute atomic E-state index is 12.1. The summed E-state index contributed by atoms with van der Waals surface area (Å²) < 4.78 is 16.9. The molecule has 1 fully saturated rings. The molecule has 1 aliphatic rings. The van der Waals surface area contributed by atoms with Gasteiger partial charge in [0.2, 0.25) is 0 Å². The van der Waals surface area contributed by atoms with Gasteiger partial charge in [-0.15, -0.1) is 0 Å². The van der Waals surface area contributed by atoms with E-state index in [0.29, 0.717) is 41.9 Å². The summed E-state index contributed by atoms with van der Waals surface area (Å²) in [6.07, 6.45) is 1.36. The predicted octanol–water partition coefficient (Wildman–Crippen LogP) is 4.76. The zero-order valence-corrected chi connectivity index (χ0v) is 18.9. The van der Waals surface area contributed by atoms with Crippen LogP contribution < -0.4 is 4.74 Å². The molecule has 1 aromatic rings. The first-order valence-corrected chi connectivity index (χ1v) is 10.2. The van der Waals surface area contributed by atoms with Crippen molar-refractivity contribution in [2.45, 2.75) is 39.2 Å². The zero-order chi connectivity index (χ0) is 20.2. The highest BCUT2D eigenvalue weighted by Gasteiger charge is 2.27. The summed E-state index contributed by atoms with van der Waals surface area (Å²) in [7, 11) is 1.32. The second-order valence-electron chi connectivity index (χ2n) is 7.48. The van der Waals surface area contributed by atoms with Crippen LogP contribution in [0.4, 0.5) is 4.79 Å². The maximum Gasteiger partial charge on any atom is 0.410 e. The number of ether oxygens (including phenoxy) is 3. The highest BCUT2D eigenvalue weighted by atomic mass is 127. The van der Waals surface area contributed by atoms with Gasteiger partial charge in [-0.25, -0.2) is 9.59 Å². The molecule has 2 rings (SSSR count). The van der Waals surface area contributed by atoms with E-state index in [0.717, 1.165) is 16.4 Å². The van der Waals surface area contributed by atoms with Crippen LogP contribution >= 0.6 is 34.2 Å². The molecule has 1 heterocycles. The molecule has 1 aromatic carbocycles. The van der Waals surface area contributed by atoms with Crippen molar-refractivity contribution in [3.8, 4) is 5.75 Å². The van der Waals surface area contributed by atoms with Gasteiger partial charge < -0.3 is 19.1 Å². The molecular formula is C19H25ClINO5. The van der Waals surface area contributed by atoms with Crippen molar-refractivity contribution in [3.05, 3.63) is 26.3 Å². The van der Waals surface area contributed by atoms with Gasteiger partial charge in [-0.2, -0.15) is 0 Å². The molecule has 0 bridgehead atoms. The lowest BCUT2D eigenvalue weighted by Crippen LogP contribution is -2.42. The fraction of sp³-hybridized carbons (Fsp3) is 0.579. The quantitative estimate of drug-likeness (QED) is 0.433. The van der Waals surface area contributed by atoms with E-state index in [1.54, 1.807) is 17.0 Å². The molecule has 0 saturated carbocycles. The molecule has 1 amide bonds. The Bertz CT molecular complexity index is 696. The zero-order valence-electron chi connectivity index (χ0n) is 16.0. The van der Waals surface area contributed by atoms with Crippen molar-refractivity contribution >= 4 is 46.3 Å². The van der Waals surface area contributed by atoms with Gasteiger partial charge in [0, 0.05) is 16.7 Å². The molecule has 150 valence electrons. The third-order valence-corrected chi connectivity index (χ3v) is 5.69. The van der Waals surface area contributed by atoms with Crippen LogP contribution in [-0.4, -0.2) is 49.4 Å². The highest BCUT2D eigenvalue weighted by molar-refractivity contribution is 14.1. The number of halogens is 2. The maximum atomic E-state index is 12.1. The third-order valence-electron chi connectivity index (χ3n) is 4.17. The van der Waals surface area contributed by atoms with Crippen LogP contribution in [0.25, 0.3) is 0 Å². The number of hydrogen-bond acceptors (Lipinski definition) is 5. The van der Waals surface area contributed by atoms with Gasteiger partial charge in [0.15, 0.2) is 0 Å². The number of amides is 1. The summed E-state index contributed by atoms with van der Waals surface area (Å²) >= 11 is 8.20. The van der Waals surface area contributed by atoms with Crippen molar-refractivity contribution < 1.29 is 23.8 Å². The summed E-state index contributed by atoms with van der Waals surface area (Å²) in [4.78, 5) is 25.8. The number of likely N-dealkylation sites (tertiary alicyclic amines) is 1. The molecule has 0 unspecified atom stereocenters. The Kier molecular flexibility index (Phi) is 7.62. The van der Waals surface area contributed by atoms with Gasteiger partial charge in [-0.1, -0.05) is 11.6 Å². The molecule has 0 atom stereocenters. The third kappa shape index (κ3) is 6.41. The Morgan fingerprint density at radius 2 is 1.89 bits per heavy atom. The van der Waals surface area contributed by atoms with Crippen LogP contribution in [0.5, 0.6) is 5.75 Å². The van der Waals surface area contributed by atoms with E-state index in [2.05, 4.69) is 22.6 Å². The number of methoxy groups -OCH3 is 1. The smallest absolute Gasteiger partial charge is 0.410 e. The molecule has 1 aliphatic heterocycles. The first-order chi connectivity index (χ1) is 12.6. The number of esters is 1. The monoisotopic (exact) mass is 509 g/mol. The Morgan fingerprint density at radius 3 is 2.44 bits per heavy atom. The Balaban J connectivity index is 1.93. The van der Waals surface area contributed by atoms with Crippen LogP contribution in [0.3, 0.4) is 0 Å². The summed E-state index contributed by atoms with van der Waals surface area (Å²) in [6.45, 7) is 7.30. The van der Waals surface area contributed by atoms with E-state index < -0.39 is 11.6 Å². The first kappa shape index (κ1) is 22.1. The fourth-order valence-electron chi connectivity index (χ4n) is 2.73. The summed E-state index contributed by atoms with van der Waals surface area (Å²) in [5.74, 6) is 0.274. The van der Waals surface area contributed by atoms with Crippen LogP contribution in [-0.2, 0) is 9.47 Å². The molecule has 0 spiro atoms. The average molecular weight is 510 g/mol. The lowest BCUT2D eigenvalue weighted by atomic mass is 9.98. The lowest BCUT2D eigenvalue weighted by molar-refractivity contribution is 0.0164. The number of piperidine rings is 1. The van der Waals surface area contributed by atoms with Crippen molar-refractivity contribution in [1.82, 2.24) is 4.90 Å². The summed E-state index contributed by atoms with van der Waals surface area (Å²) in [6, 6.07) is 3.31.